The van der Waals surface area contributed by atoms with Gasteiger partial charge in [0, 0.05) is 31.9 Å². The van der Waals surface area contributed by atoms with E-state index >= 15 is 0 Å². The zero-order chi connectivity index (χ0) is 15.2. The summed E-state index contributed by atoms with van der Waals surface area (Å²) >= 11 is 5.44. The highest BCUT2D eigenvalue weighted by Gasteiger charge is 2.16. The van der Waals surface area contributed by atoms with Crippen molar-refractivity contribution in [2.45, 2.75) is 6.42 Å². The molecule has 6 heteroatoms. The van der Waals surface area contributed by atoms with Gasteiger partial charge in [-0.2, -0.15) is 0 Å². The summed E-state index contributed by atoms with van der Waals surface area (Å²) in [5.74, 6) is -0.233. The molecule has 0 amide bonds. The van der Waals surface area contributed by atoms with Crippen LogP contribution >= 0.6 is 12.2 Å². The van der Waals surface area contributed by atoms with Gasteiger partial charge in [0.05, 0.1) is 13.5 Å². The molecule has 114 valence electrons. The van der Waals surface area contributed by atoms with Crippen molar-refractivity contribution in [3.8, 4) is 0 Å². The molecule has 1 aromatic rings. The Bertz CT molecular complexity index is 496. The minimum Gasteiger partial charge on any atom is -0.469 e. The van der Waals surface area contributed by atoms with Gasteiger partial charge in [-0.3, -0.25) is 4.79 Å². The van der Waals surface area contributed by atoms with Crippen LogP contribution in [0.2, 0.25) is 0 Å². The first-order chi connectivity index (χ1) is 10.1. The molecule has 1 aliphatic rings. The fourth-order valence-electron chi connectivity index (χ4n) is 2.16. The van der Waals surface area contributed by atoms with Gasteiger partial charge in [-0.05, 0) is 37.0 Å². The molecule has 0 aliphatic carbocycles. The number of nitrogens with zero attached hydrogens (tertiary/aromatic N) is 2. The van der Waals surface area contributed by atoms with Gasteiger partial charge < -0.3 is 19.9 Å². The van der Waals surface area contributed by atoms with Crippen molar-refractivity contribution >= 4 is 29.0 Å². The van der Waals surface area contributed by atoms with Crippen LogP contribution in [0.15, 0.2) is 24.3 Å². The molecule has 5 nitrogen and oxygen atoms in total. The number of hydrogen-bond acceptors (Lipinski definition) is 4. The number of anilines is 1. The molecule has 1 saturated heterocycles. The number of likely N-dealkylation sites (N-methyl/N-ethyl adjacent to an activating group) is 1. The van der Waals surface area contributed by atoms with Crippen LogP contribution in [0.25, 0.3) is 0 Å². The smallest absolute Gasteiger partial charge is 0.309 e. The largest absolute Gasteiger partial charge is 0.469 e. The van der Waals surface area contributed by atoms with Crippen molar-refractivity contribution in [3.05, 3.63) is 29.8 Å². The third-order valence-corrected chi connectivity index (χ3v) is 3.93. The zero-order valence-corrected chi connectivity index (χ0v) is 13.3. The van der Waals surface area contributed by atoms with E-state index in [1.54, 1.807) is 0 Å². The fraction of sp³-hybridized carbons (Fsp3) is 0.467. The standard InChI is InChI=1S/C15H21N3O2S/c1-17-7-9-18(10-8-17)15(21)16-13-5-3-12(4-6-13)11-14(19)20-2/h3-6H,7-11H2,1-2H3,(H,16,21). The number of benzene rings is 1. The normalized spacial score (nSPS) is 15.6. The molecule has 2 rings (SSSR count). The van der Waals surface area contributed by atoms with Gasteiger partial charge in [0.25, 0.3) is 0 Å². The lowest BCUT2D eigenvalue weighted by Gasteiger charge is -2.34. The number of piperazine rings is 1. The van der Waals surface area contributed by atoms with E-state index in [-0.39, 0.29) is 5.97 Å². The maximum Gasteiger partial charge on any atom is 0.309 e. The summed E-state index contributed by atoms with van der Waals surface area (Å²) in [5.41, 5.74) is 1.87. The van der Waals surface area contributed by atoms with Crippen molar-refractivity contribution < 1.29 is 9.53 Å². The van der Waals surface area contributed by atoms with Crippen LogP contribution in [0.4, 0.5) is 5.69 Å². The Kier molecular flexibility index (Phi) is 5.52. The molecule has 1 fully saturated rings. The highest BCUT2D eigenvalue weighted by Crippen LogP contribution is 2.12. The van der Waals surface area contributed by atoms with E-state index in [1.165, 1.54) is 7.11 Å². The molecule has 1 N–H and O–H groups in total. The molecule has 0 aromatic heterocycles. The van der Waals surface area contributed by atoms with Gasteiger partial charge in [-0.25, -0.2) is 0 Å². The van der Waals surface area contributed by atoms with Crippen LogP contribution in [-0.4, -0.2) is 61.2 Å². The second-order valence-electron chi connectivity index (χ2n) is 5.17. The van der Waals surface area contributed by atoms with E-state index in [2.05, 4.69) is 26.9 Å². The number of carbonyl (C=O) groups is 1. The summed E-state index contributed by atoms with van der Waals surface area (Å²) in [6, 6.07) is 7.68. The molecule has 21 heavy (non-hydrogen) atoms. The highest BCUT2D eigenvalue weighted by molar-refractivity contribution is 7.80. The monoisotopic (exact) mass is 307 g/mol. The lowest BCUT2D eigenvalue weighted by Crippen LogP contribution is -2.48. The summed E-state index contributed by atoms with van der Waals surface area (Å²) in [7, 11) is 3.51. The number of esters is 1. The van der Waals surface area contributed by atoms with Crippen LogP contribution in [-0.2, 0) is 16.0 Å². The molecule has 0 spiro atoms. The first-order valence-electron chi connectivity index (χ1n) is 6.98. The molecule has 0 bridgehead atoms. The van der Waals surface area contributed by atoms with E-state index in [9.17, 15) is 4.79 Å². The average molecular weight is 307 g/mol. The van der Waals surface area contributed by atoms with Crippen LogP contribution in [0.3, 0.4) is 0 Å². The number of carbonyl (C=O) groups excluding carboxylic acids is 1. The molecule has 0 atom stereocenters. The number of rotatable bonds is 3. The first kappa shape index (κ1) is 15.7. The molecule has 1 aliphatic heterocycles. The molecular formula is C15H21N3O2S. The van der Waals surface area contributed by atoms with Gasteiger partial charge in [-0.1, -0.05) is 12.1 Å². The number of methoxy groups -OCH3 is 1. The van der Waals surface area contributed by atoms with Gasteiger partial charge in [-0.15, -0.1) is 0 Å². The number of hydrogen-bond donors (Lipinski definition) is 1. The Morgan fingerprint density at radius 2 is 1.86 bits per heavy atom. The quantitative estimate of drug-likeness (QED) is 0.672. The summed E-state index contributed by atoms with van der Waals surface area (Å²) in [6.45, 7) is 3.95. The van der Waals surface area contributed by atoms with E-state index < -0.39 is 0 Å². The second kappa shape index (κ2) is 7.38. The van der Waals surface area contributed by atoms with Crippen LogP contribution in [0, 0.1) is 0 Å². The number of thiocarbonyl (C=S) groups is 1. The lowest BCUT2D eigenvalue weighted by molar-refractivity contribution is -0.139. The maximum atomic E-state index is 11.2. The number of nitrogens with one attached hydrogen (secondary N) is 1. The first-order valence-corrected chi connectivity index (χ1v) is 7.39. The fourth-order valence-corrected chi connectivity index (χ4v) is 2.46. The Morgan fingerprint density at radius 1 is 1.24 bits per heavy atom. The van der Waals surface area contributed by atoms with Crippen LogP contribution in [0.5, 0.6) is 0 Å². The summed E-state index contributed by atoms with van der Waals surface area (Å²) < 4.78 is 4.65. The summed E-state index contributed by atoms with van der Waals surface area (Å²) in [4.78, 5) is 15.7. The Morgan fingerprint density at radius 3 is 2.43 bits per heavy atom. The SMILES string of the molecule is COC(=O)Cc1ccc(NC(=S)N2CCN(C)CC2)cc1. The second-order valence-corrected chi connectivity index (χ2v) is 5.56. The van der Waals surface area contributed by atoms with Crippen molar-refractivity contribution in [2.75, 3.05) is 45.7 Å². The molecule has 1 heterocycles. The number of ether oxygens (including phenoxy) is 1. The van der Waals surface area contributed by atoms with Gasteiger partial charge in [0.1, 0.15) is 0 Å². The maximum absolute atomic E-state index is 11.2. The predicted octanol–water partition coefficient (Wildman–Crippen LogP) is 1.35. The molecule has 0 saturated carbocycles. The van der Waals surface area contributed by atoms with Gasteiger partial charge >= 0.3 is 5.97 Å². The Hall–Kier alpha value is -1.66. The van der Waals surface area contributed by atoms with Crippen molar-refractivity contribution in [3.63, 3.8) is 0 Å². The predicted molar refractivity (Wildman–Crippen MR) is 87.5 cm³/mol. The lowest BCUT2D eigenvalue weighted by atomic mass is 10.1. The third-order valence-electron chi connectivity index (χ3n) is 3.57. The minimum absolute atomic E-state index is 0.233. The highest BCUT2D eigenvalue weighted by atomic mass is 32.1. The van der Waals surface area contributed by atoms with Crippen molar-refractivity contribution in [2.24, 2.45) is 0 Å². The van der Waals surface area contributed by atoms with Crippen LogP contribution < -0.4 is 5.32 Å². The average Bonchev–Trinajstić information content (AvgIpc) is 2.49. The Labute approximate surface area is 130 Å². The van der Waals surface area contributed by atoms with Crippen molar-refractivity contribution in [1.82, 2.24) is 9.80 Å². The van der Waals surface area contributed by atoms with E-state index in [4.69, 9.17) is 12.2 Å². The van der Waals surface area contributed by atoms with E-state index in [0.717, 1.165) is 42.5 Å². The Balaban J connectivity index is 1.88. The summed E-state index contributed by atoms with van der Waals surface area (Å²) in [5, 5.41) is 4.00. The minimum atomic E-state index is -0.233. The molecule has 1 aromatic carbocycles. The van der Waals surface area contributed by atoms with Gasteiger partial charge in [0.2, 0.25) is 0 Å². The summed E-state index contributed by atoms with van der Waals surface area (Å²) in [6.07, 6.45) is 0.291. The zero-order valence-electron chi connectivity index (χ0n) is 12.5. The van der Waals surface area contributed by atoms with Crippen molar-refractivity contribution in [1.29, 1.82) is 0 Å². The van der Waals surface area contributed by atoms with E-state index in [0.29, 0.717) is 6.42 Å². The van der Waals surface area contributed by atoms with Crippen LogP contribution in [0.1, 0.15) is 5.56 Å². The third kappa shape index (κ3) is 4.68. The van der Waals surface area contributed by atoms with E-state index in [1.807, 2.05) is 24.3 Å². The molecular weight excluding hydrogens is 286 g/mol. The molecule has 0 unspecified atom stereocenters. The molecule has 0 radical (unpaired) electrons. The van der Waals surface area contributed by atoms with Gasteiger partial charge in [0.15, 0.2) is 5.11 Å². The topological polar surface area (TPSA) is 44.8 Å².